The molecule has 154 valence electrons. The van der Waals surface area contributed by atoms with Crippen LogP contribution in [0.5, 0.6) is 0 Å². The minimum Gasteiger partial charge on any atom is -0.465 e. The van der Waals surface area contributed by atoms with Crippen molar-refractivity contribution in [1.29, 1.82) is 0 Å². The van der Waals surface area contributed by atoms with Gasteiger partial charge in [-0.1, -0.05) is 91.0 Å². The number of carbonyl (C=O) groups excluding carboxylic acids is 1. The highest BCUT2D eigenvalue weighted by molar-refractivity contribution is 5.87. The molecule has 3 aromatic carbocycles. The highest BCUT2D eigenvalue weighted by atomic mass is 16.5. The Morgan fingerprint density at radius 3 is 1.87 bits per heavy atom. The molecule has 3 heteroatoms. The van der Waals surface area contributed by atoms with Crippen molar-refractivity contribution in [2.75, 3.05) is 13.2 Å². The third kappa shape index (κ3) is 4.47. The lowest BCUT2D eigenvalue weighted by Gasteiger charge is -2.25. The van der Waals surface area contributed by atoms with Crippen LogP contribution in [0.3, 0.4) is 0 Å². The first kappa shape index (κ1) is 20.4. The maximum Gasteiger partial charge on any atom is 0.316 e. The highest BCUT2D eigenvalue weighted by Gasteiger charge is 2.62. The number of ether oxygens (including phenoxy) is 1. The van der Waals surface area contributed by atoms with Gasteiger partial charge in [-0.3, -0.25) is 9.69 Å². The first-order chi connectivity index (χ1) is 14.7. The van der Waals surface area contributed by atoms with Crippen molar-refractivity contribution in [2.45, 2.75) is 31.8 Å². The van der Waals surface area contributed by atoms with Gasteiger partial charge in [0.2, 0.25) is 0 Å². The smallest absolute Gasteiger partial charge is 0.316 e. The molecule has 4 rings (SSSR count). The van der Waals surface area contributed by atoms with Gasteiger partial charge in [-0.05, 0) is 36.0 Å². The molecule has 0 radical (unpaired) electrons. The maximum absolute atomic E-state index is 13.0. The second-order valence-corrected chi connectivity index (χ2v) is 8.10. The Bertz CT molecular complexity index is 901. The van der Waals surface area contributed by atoms with Gasteiger partial charge in [0.05, 0.1) is 12.0 Å². The topological polar surface area (TPSA) is 29.5 Å². The molecule has 2 atom stereocenters. The van der Waals surface area contributed by atoms with Gasteiger partial charge in [0.15, 0.2) is 0 Å². The van der Waals surface area contributed by atoms with Crippen molar-refractivity contribution in [3.05, 3.63) is 108 Å². The molecule has 0 bridgehead atoms. The van der Waals surface area contributed by atoms with Gasteiger partial charge in [0.1, 0.15) is 0 Å². The van der Waals surface area contributed by atoms with Crippen molar-refractivity contribution in [2.24, 2.45) is 5.92 Å². The Hall–Kier alpha value is -2.91. The predicted octanol–water partition coefficient (Wildman–Crippen LogP) is 5.21. The number of rotatable bonds is 9. The standard InChI is InChI=1S/C27H29NO2/c1-2-30-26(29)27(24-16-10-5-11-17-24)18-25(27)21-28(19-22-12-6-3-7-13-22)20-23-14-8-4-9-15-23/h3-17,25H,2,18-21H2,1H3. The van der Waals surface area contributed by atoms with Crippen LogP contribution >= 0.6 is 0 Å². The van der Waals surface area contributed by atoms with E-state index in [-0.39, 0.29) is 11.9 Å². The summed E-state index contributed by atoms with van der Waals surface area (Å²) in [5.74, 6) is 0.173. The van der Waals surface area contributed by atoms with Crippen LogP contribution < -0.4 is 0 Å². The van der Waals surface area contributed by atoms with Crippen LogP contribution in [0.25, 0.3) is 0 Å². The molecule has 1 saturated carbocycles. The summed E-state index contributed by atoms with van der Waals surface area (Å²) in [5.41, 5.74) is 3.14. The van der Waals surface area contributed by atoms with E-state index in [1.54, 1.807) is 0 Å². The van der Waals surface area contributed by atoms with E-state index >= 15 is 0 Å². The first-order valence-corrected chi connectivity index (χ1v) is 10.8. The summed E-state index contributed by atoms with van der Waals surface area (Å²) in [6.07, 6.45) is 0.843. The molecular weight excluding hydrogens is 370 g/mol. The summed E-state index contributed by atoms with van der Waals surface area (Å²) in [6, 6.07) is 31.3. The van der Waals surface area contributed by atoms with E-state index in [0.717, 1.165) is 31.6 Å². The van der Waals surface area contributed by atoms with Crippen LogP contribution in [0.1, 0.15) is 30.0 Å². The molecule has 0 aliphatic heterocycles. The third-order valence-corrected chi connectivity index (χ3v) is 6.01. The van der Waals surface area contributed by atoms with Crippen molar-refractivity contribution in [3.8, 4) is 0 Å². The minimum atomic E-state index is -0.511. The fourth-order valence-corrected chi connectivity index (χ4v) is 4.45. The summed E-state index contributed by atoms with van der Waals surface area (Å²) >= 11 is 0. The average Bonchev–Trinajstić information content (AvgIpc) is 3.51. The predicted molar refractivity (Wildman–Crippen MR) is 120 cm³/mol. The van der Waals surface area contributed by atoms with Crippen LogP contribution in [-0.4, -0.2) is 24.0 Å². The van der Waals surface area contributed by atoms with Gasteiger partial charge in [0, 0.05) is 19.6 Å². The molecule has 1 fully saturated rings. The number of nitrogens with zero attached hydrogens (tertiary/aromatic N) is 1. The summed E-state index contributed by atoms with van der Waals surface area (Å²) in [7, 11) is 0. The first-order valence-electron chi connectivity index (χ1n) is 10.8. The quantitative estimate of drug-likeness (QED) is 0.463. The Labute approximate surface area is 179 Å². The molecule has 2 unspecified atom stereocenters. The number of hydrogen-bond donors (Lipinski definition) is 0. The van der Waals surface area contributed by atoms with E-state index in [2.05, 4.69) is 65.6 Å². The van der Waals surface area contributed by atoms with E-state index in [1.807, 2.05) is 37.3 Å². The fourth-order valence-electron chi connectivity index (χ4n) is 4.45. The zero-order chi connectivity index (χ0) is 20.8. The normalized spacial score (nSPS) is 20.1. The monoisotopic (exact) mass is 399 g/mol. The number of carbonyl (C=O) groups is 1. The lowest BCUT2D eigenvalue weighted by atomic mass is 9.93. The molecule has 3 nitrogen and oxygen atoms in total. The highest BCUT2D eigenvalue weighted by Crippen LogP contribution is 2.55. The molecule has 1 aliphatic rings. The molecule has 3 aromatic rings. The molecule has 0 spiro atoms. The average molecular weight is 400 g/mol. The van der Waals surface area contributed by atoms with Crippen LogP contribution in [0.15, 0.2) is 91.0 Å². The van der Waals surface area contributed by atoms with E-state index in [0.29, 0.717) is 6.61 Å². The van der Waals surface area contributed by atoms with Gasteiger partial charge in [-0.15, -0.1) is 0 Å². The SMILES string of the molecule is CCOC(=O)C1(c2ccccc2)CC1CN(Cc1ccccc1)Cc1ccccc1. The Morgan fingerprint density at radius 1 is 0.867 bits per heavy atom. The molecule has 1 aliphatic carbocycles. The van der Waals surface area contributed by atoms with E-state index < -0.39 is 5.41 Å². The Morgan fingerprint density at radius 2 is 1.37 bits per heavy atom. The molecule has 0 N–H and O–H groups in total. The number of hydrogen-bond acceptors (Lipinski definition) is 3. The van der Waals surface area contributed by atoms with Crippen molar-refractivity contribution in [1.82, 2.24) is 4.90 Å². The van der Waals surface area contributed by atoms with Crippen molar-refractivity contribution in [3.63, 3.8) is 0 Å². The number of benzene rings is 3. The summed E-state index contributed by atoms with van der Waals surface area (Å²) < 4.78 is 5.51. The molecule has 0 saturated heterocycles. The third-order valence-electron chi connectivity index (χ3n) is 6.01. The van der Waals surface area contributed by atoms with Crippen LogP contribution in [0.4, 0.5) is 0 Å². The second kappa shape index (κ2) is 9.27. The van der Waals surface area contributed by atoms with Crippen LogP contribution in [0, 0.1) is 5.92 Å². The largest absolute Gasteiger partial charge is 0.465 e. The molecule has 30 heavy (non-hydrogen) atoms. The van der Waals surface area contributed by atoms with Crippen LogP contribution in [-0.2, 0) is 28.0 Å². The van der Waals surface area contributed by atoms with E-state index in [1.165, 1.54) is 11.1 Å². The summed E-state index contributed by atoms with van der Waals surface area (Å²) in [6.45, 7) is 4.88. The molecule has 0 aromatic heterocycles. The van der Waals surface area contributed by atoms with Gasteiger partial charge < -0.3 is 4.74 Å². The number of esters is 1. The summed E-state index contributed by atoms with van der Waals surface area (Å²) in [4.78, 5) is 15.5. The Kier molecular flexibility index (Phi) is 6.29. The summed E-state index contributed by atoms with van der Waals surface area (Å²) in [5, 5.41) is 0. The molecular formula is C27H29NO2. The van der Waals surface area contributed by atoms with Gasteiger partial charge in [-0.25, -0.2) is 0 Å². The fraction of sp³-hybridized carbons (Fsp3) is 0.296. The van der Waals surface area contributed by atoms with Crippen molar-refractivity contribution >= 4 is 5.97 Å². The molecule has 0 amide bonds. The lowest BCUT2D eigenvalue weighted by Crippen LogP contribution is -2.31. The Balaban J connectivity index is 1.56. The maximum atomic E-state index is 13.0. The van der Waals surface area contributed by atoms with Crippen LogP contribution in [0.2, 0.25) is 0 Å². The van der Waals surface area contributed by atoms with Gasteiger partial charge in [0.25, 0.3) is 0 Å². The zero-order valence-electron chi connectivity index (χ0n) is 17.5. The van der Waals surface area contributed by atoms with Gasteiger partial charge in [-0.2, -0.15) is 0 Å². The van der Waals surface area contributed by atoms with E-state index in [9.17, 15) is 4.79 Å². The second-order valence-electron chi connectivity index (χ2n) is 8.10. The zero-order valence-corrected chi connectivity index (χ0v) is 17.5. The molecule has 0 heterocycles. The van der Waals surface area contributed by atoms with E-state index in [4.69, 9.17) is 4.74 Å². The lowest BCUT2D eigenvalue weighted by molar-refractivity contribution is -0.146. The van der Waals surface area contributed by atoms with Crippen molar-refractivity contribution < 1.29 is 9.53 Å². The van der Waals surface area contributed by atoms with Gasteiger partial charge >= 0.3 is 5.97 Å². The minimum absolute atomic E-state index is 0.0828.